The van der Waals surface area contributed by atoms with Crippen LogP contribution in [0, 0.1) is 28.6 Å². The molecule has 0 amide bonds. The Labute approximate surface area is 223 Å². The molecule has 38 heavy (non-hydrogen) atoms. The lowest BCUT2D eigenvalue weighted by Crippen LogP contribution is -2.33. The number of para-hydroxylation sites is 2. The van der Waals surface area contributed by atoms with Crippen molar-refractivity contribution in [1.29, 1.82) is 10.5 Å². The molecule has 0 aliphatic heterocycles. The van der Waals surface area contributed by atoms with Crippen LogP contribution in [0.2, 0.25) is 0 Å². The van der Waals surface area contributed by atoms with Crippen molar-refractivity contribution in [2.75, 3.05) is 5.32 Å². The average Bonchev–Trinajstić information content (AvgIpc) is 3.27. The molecule has 0 saturated carbocycles. The quantitative estimate of drug-likeness (QED) is 0.283. The topological polar surface area (TPSA) is 64.5 Å². The molecular formula is C34H30N4. The minimum absolute atomic E-state index is 0.147. The molecule has 0 spiro atoms. The fourth-order valence-electron chi connectivity index (χ4n) is 5.24. The van der Waals surface area contributed by atoms with Crippen molar-refractivity contribution < 1.29 is 0 Å². The molecule has 2 atom stereocenters. The minimum Gasteiger partial charge on any atom is -0.354 e. The zero-order valence-corrected chi connectivity index (χ0v) is 21.8. The Kier molecular flexibility index (Phi) is 6.98. The summed E-state index contributed by atoms with van der Waals surface area (Å²) in [5.41, 5.74) is 5.50. The van der Waals surface area contributed by atoms with Crippen molar-refractivity contribution in [3.8, 4) is 12.1 Å². The SMILES string of the molecule is C=C(/C=C\C(CC)n1c2c(c3ccccc31)=CC(C)CC=2)c1cc(C#N)ccc1Nc1ccccc1C#N. The van der Waals surface area contributed by atoms with Gasteiger partial charge in [-0.05, 0) is 60.7 Å². The molecule has 1 N–H and O–H groups in total. The number of anilines is 2. The Balaban J connectivity index is 1.54. The van der Waals surface area contributed by atoms with Crippen LogP contribution in [0.4, 0.5) is 11.4 Å². The average molecular weight is 495 g/mol. The first-order chi connectivity index (χ1) is 18.5. The van der Waals surface area contributed by atoms with Crippen LogP contribution in [0.15, 0.2) is 85.5 Å². The summed E-state index contributed by atoms with van der Waals surface area (Å²) in [4.78, 5) is 0. The number of benzene rings is 3. The largest absolute Gasteiger partial charge is 0.354 e. The van der Waals surface area contributed by atoms with E-state index in [-0.39, 0.29) is 6.04 Å². The van der Waals surface area contributed by atoms with Gasteiger partial charge < -0.3 is 9.88 Å². The summed E-state index contributed by atoms with van der Waals surface area (Å²) < 4.78 is 2.45. The number of allylic oxidation sites excluding steroid dienone is 3. The van der Waals surface area contributed by atoms with Crippen LogP contribution in [-0.4, -0.2) is 4.57 Å². The van der Waals surface area contributed by atoms with Crippen LogP contribution in [0.3, 0.4) is 0 Å². The molecule has 1 aromatic heterocycles. The molecule has 0 radical (unpaired) electrons. The fraction of sp³-hybridized carbons (Fsp3) is 0.176. The van der Waals surface area contributed by atoms with Gasteiger partial charge in [-0.1, -0.05) is 75.1 Å². The van der Waals surface area contributed by atoms with Crippen LogP contribution < -0.4 is 15.9 Å². The molecule has 4 aromatic rings. The molecule has 186 valence electrons. The van der Waals surface area contributed by atoms with E-state index in [1.54, 1.807) is 12.1 Å². The van der Waals surface area contributed by atoms with Gasteiger partial charge in [-0.2, -0.15) is 10.5 Å². The normalized spacial score (nSPS) is 15.1. The van der Waals surface area contributed by atoms with Crippen molar-refractivity contribution in [3.05, 3.63) is 113 Å². The van der Waals surface area contributed by atoms with E-state index in [9.17, 15) is 10.5 Å². The summed E-state index contributed by atoms with van der Waals surface area (Å²) in [7, 11) is 0. The predicted octanol–water partition coefficient (Wildman–Crippen LogP) is 6.95. The van der Waals surface area contributed by atoms with Gasteiger partial charge >= 0.3 is 0 Å². The zero-order chi connectivity index (χ0) is 26.6. The zero-order valence-electron chi connectivity index (χ0n) is 21.8. The number of rotatable bonds is 7. The highest BCUT2D eigenvalue weighted by atomic mass is 15.0. The first kappa shape index (κ1) is 24.9. The summed E-state index contributed by atoms with van der Waals surface area (Å²) in [5.74, 6) is 0.529. The molecule has 1 aliphatic carbocycles. The molecule has 5 rings (SSSR count). The Morgan fingerprint density at radius 1 is 1.08 bits per heavy atom. The fourth-order valence-corrected chi connectivity index (χ4v) is 5.24. The van der Waals surface area contributed by atoms with E-state index >= 15 is 0 Å². The van der Waals surface area contributed by atoms with Gasteiger partial charge in [0.05, 0.1) is 28.9 Å². The third-order valence-electron chi connectivity index (χ3n) is 7.20. The summed E-state index contributed by atoms with van der Waals surface area (Å²) >= 11 is 0. The molecule has 2 unspecified atom stereocenters. The van der Waals surface area contributed by atoms with Crippen LogP contribution in [0.25, 0.3) is 28.6 Å². The molecule has 0 fully saturated rings. The van der Waals surface area contributed by atoms with Crippen LogP contribution in [0.5, 0.6) is 0 Å². The highest BCUT2D eigenvalue weighted by molar-refractivity contribution is 5.85. The molecule has 3 aromatic carbocycles. The van der Waals surface area contributed by atoms with Gasteiger partial charge in [-0.3, -0.25) is 0 Å². The maximum Gasteiger partial charge on any atom is 0.101 e. The van der Waals surface area contributed by atoms with Crippen LogP contribution in [0.1, 0.15) is 49.4 Å². The van der Waals surface area contributed by atoms with Crippen molar-refractivity contribution in [2.24, 2.45) is 5.92 Å². The number of hydrogen-bond acceptors (Lipinski definition) is 3. The lowest BCUT2D eigenvalue weighted by molar-refractivity contribution is 0.588. The van der Waals surface area contributed by atoms with E-state index in [1.165, 1.54) is 21.5 Å². The third kappa shape index (κ3) is 4.65. The molecule has 0 saturated heterocycles. The first-order valence-corrected chi connectivity index (χ1v) is 13.0. The van der Waals surface area contributed by atoms with Crippen molar-refractivity contribution in [3.63, 3.8) is 0 Å². The summed E-state index contributed by atoms with van der Waals surface area (Å²) in [5, 5.41) is 26.4. The Hall–Kier alpha value is -4.80. The maximum absolute atomic E-state index is 9.55. The van der Waals surface area contributed by atoms with Crippen molar-refractivity contribution >= 4 is 40.0 Å². The summed E-state index contributed by atoms with van der Waals surface area (Å²) in [6.07, 6.45) is 11.0. The summed E-state index contributed by atoms with van der Waals surface area (Å²) in [6, 6.07) is 26.1. The Bertz CT molecular complexity index is 1770. The van der Waals surface area contributed by atoms with Crippen LogP contribution in [-0.2, 0) is 0 Å². The number of hydrogen-bond donors (Lipinski definition) is 1. The monoisotopic (exact) mass is 494 g/mol. The van der Waals surface area contributed by atoms with Gasteiger partial charge in [0.2, 0.25) is 0 Å². The smallest absolute Gasteiger partial charge is 0.101 e. The van der Waals surface area contributed by atoms with E-state index in [0.29, 0.717) is 17.0 Å². The lowest BCUT2D eigenvalue weighted by Gasteiger charge is -2.18. The number of nitrogens with one attached hydrogen (secondary N) is 1. The van der Waals surface area contributed by atoms with E-state index in [2.05, 4.69) is 91.0 Å². The third-order valence-corrected chi connectivity index (χ3v) is 7.20. The molecule has 4 heteroatoms. The summed E-state index contributed by atoms with van der Waals surface area (Å²) in [6.45, 7) is 8.84. The van der Waals surface area contributed by atoms with Gasteiger partial charge in [0, 0.05) is 32.7 Å². The molecule has 0 bridgehead atoms. The van der Waals surface area contributed by atoms with E-state index in [4.69, 9.17) is 0 Å². The standard InChI is InChI=1S/C34H30N4/c1-4-27(38-33-12-8-6-10-28(33)30-19-23(2)13-18-34(30)38)16-14-24(3)29-20-25(21-35)15-17-32(29)37-31-11-7-5-9-26(31)22-36/h5-12,14-20,23,27,37H,3-4,13H2,1-2H3/b16-14-. The highest BCUT2D eigenvalue weighted by Crippen LogP contribution is 2.30. The van der Waals surface area contributed by atoms with E-state index in [1.807, 2.05) is 30.3 Å². The number of fused-ring (bicyclic) bond motifs is 3. The van der Waals surface area contributed by atoms with Gasteiger partial charge in [0.25, 0.3) is 0 Å². The molecule has 1 heterocycles. The van der Waals surface area contributed by atoms with Gasteiger partial charge in [0.1, 0.15) is 6.07 Å². The highest BCUT2D eigenvalue weighted by Gasteiger charge is 2.16. The maximum atomic E-state index is 9.55. The molecular weight excluding hydrogens is 464 g/mol. The second-order valence-corrected chi connectivity index (χ2v) is 9.78. The number of aromatic nitrogens is 1. The second-order valence-electron chi connectivity index (χ2n) is 9.78. The van der Waals surface area contributed by atoms with Crippen LogP contribution >= 0.6 is 0 Å². The van der Waals surface area contributed by atoms with E-state index < -0.39 is 0 Å². The molecule has 1 aliphatic rings. The minimum atomic E-state index is 0.147. The van der Waals surface area contributed by atoms with Crippen molar-refractivity contribution in [2.45, 2.75) is 32.7 Å². The Morgan fingerprint density at radius 2 is 1.87 bits per heavy atom. The van der Waals surface area contributed by atoms with E-state index in [0.717, 1.165) is 35.4 Å². The van der Waals surface area contributed by atoms with Gasteiger partial charge in [0.15, 0.2) is 0 Å². The number of nitrogens with zero attached hydrogens (tertiary/aromatic N) is 3. The second kappa shape index (κ2) is 10.7. The Morgan fingerprint density at radius 3 is 2.66 bits per heavy atom. The molecule has 4 nitrogen and oxygen atoms in total. The first-order valence-electron chi connectivity index (χ1n) is 13.0. The predicted molar refractivity (Wildman–Crippen MR) is 157 cm³/mol. The van der Waals surface area contributed by atoms with Gasteiger partial charge in [-0.15, -0.1) is 0 Å². The van der Waals surface area contributed by atoms with Crippen molar-refractivity contribution in [1.82, 2.24) is 4.57 Å². The van der Waals surface area contributed by atoms with Gasteiger partial charge in [-0.25, -0.2) is 0 Å². The lowest BCUT2D eigenvalue weighted by atomic mass is 10.00. The number of nitriles is 2.